The van der Waals surface area contributed by atoms with Crippen molar-refractivity contribution in [1.29, 1.82) is 0 Å². The van der Waals surface area contributed by atoms with E-state index in [9.17, 15) is 4.79 Å². The van der Waals surface area contributed by atoms with E-state index in [1.807, 2.05) is 42.5 Å². The zero-order valence-electron chi connectivity index (χ0n) is 13.7. The lowest BCUT2D eigenvalue weighted by atomic mass is 10.1. The number of hydrogen-bond donors (Lipinski definition) is 3. The van der Waals surface area contributed by atoms with Crippen molar-refractivity contribution in [3.8, 4) is 0 Å². The summed E-state index contributed by atoms with van der Waals surface area (Å²) < 4.78 is 0. The molecule has 0 aromatic heterocycles. The number of urea groups is 1. The summed E-state index contributed by atoms with van der Waals surface area (Å²) >= 11 is 0. The fraction of sp³-hybridized carbons (Fsp3) is 0.316. The van der Waals surface area contributed by atoms with Crippen LogP contribution >= 0.6 is 0 Å². The third kappa shape index (κ3) is 4.26. The Balaban J connectivity index is 1.55. The van der Waals surface area contributed by atoms with Gasteiger partial charge in [-0.05, 0) is 42.2 Å². The van der Waals surface area contributed by atoms with E-state index in [0.29, 0.717) is 6.54 Å². The Bertz CT molecular complexity index is 697. The van der Waals surface area contributed by atoms with Crippen LogP contribution in [-0.2, 0) is 13.2 Å². The average Bonchev–Trinajstić information content (AvgIpc) is 3.15. The Morgan fingerprint density at radius 1 is 1.04 bits per heavy atom. The normalized spacial score (nSPS) is 13.8. The summed E-state index contributed by atoms with van der Waals surface area (Å²) in [6.07, 6.45) is 2.45. The zero-order chi connectivity index (χ0) is 16.8. The van der Waals surface area contributed by atoms with Crippen molar-refractivity contribution in [1.82, 2.24) is 5.32 Å². The van der Waals surface area contributed by atoms with E-state index < -0.39 is 0 Å². The monoisotopic (exact) mass is 325 g/mol. The van der Waals surface area contributed by atoms with Gasteiger partial charge >= 0.3 is 6.03 Å². The number of aliphatic hydroxyl groups is 1. The number of nitrogens with one attached hydrogen (secondary N) is 2. The van der Waals surface area contributed by atoms with Crippen LogP contribution in [0.1, 0.15) is 24.0 Å². The number of rotatable bonds is 5. The Morgan fingerprint density at radius 2 is 1.79 bits per heavy atom. The third-order valence-electron chi connectivity index (χ3n) is 4.20. The first-order chi connectivity index (χ1) is 11.7. The van der Waals surface area contributed by atoms with E-state index in [1.165, 1.54) is 12.8 Å². The number of benzene rings is 2. The molecule has 5 heteroatoms. The number of aliphatic hydroxyl groups excluding tert-OH is 1. The van der Waals surface area contributed by atoms with Crippen molar-refractivity contribution in [2.24, 2.45) is 0 Å². The van der Waals surface area contributed by atoms with Crippen LogP contribution < -0.4 is 15.5 Å². The van der Waals surface area contributed by atoms with Crippen molar-refractivity contribution in [2.75, 3.05) is 23.3 Å². The molecular weight excluding hydrogens is 302 g/mol. The van der Waals surface area contributed by atoms with Crippen LogP contribution in [0.3, 0.4) is 0 Å². The Morgan fingerprint density at radius 3 is 2.58 bits per heavy atom. The van der Waals surface area contributed by atoms with Gasteiger partial charge < -0.3 is 20.6 Å². The van der Waals surface area contributed by atoms with E-state index in [1.54, 1.807) is 0 Å². The lowest BCUT2D eigenvalue weighted by molar-refractivity contribution is 0.251. The summed E-state index contributed by atoms with van der Waals surface area (Å²) in [5.41, 5.74) is 3.75. The van der Waals surface area contributed by atoms with Gasteiger partial charge in [-0.2, -0.15) is 0 Å². The molecule has 0 unspecified atom stereocenters. The molecule has 1 heterocycles. The molecule has 0 radical (unpaired) electrons. The number of hydrogen-bond acceptors (Lipinski definition) is 3. The van der Waals surface area contributed by atoms with Crippen LogP contribution in [0, 0.1) is 0 Å². The molecule has 1 saturated heterocycles. The predicted octanol–water partition coefficient (Wildman–Crippen LogP) is 3.10. The molecule has 126 valence electrons. The predicted molar refractivity (Wildman–Crippen MR) is 96.1 cm³/mol. The molecule has 0 aliphatic carbocycles. The molecule has 5 nitrogen and oxygen atoms in total. The lowest BCUT2D eigenvalue weighted by Crippen LogP contribution is -2.28. The minimum atomic E-state index is -0.233. The highest BCUT2D eigenvalue weighted by molar-refractivity contribution is 5.89. The van der Waals surface area contributed by atoms with Crippen molar-refractivity contribution in [2.45, 2.75) is 26.0 Å². The molecule has 0 saturated carbocycles. The molecule has 2 aromatic rings. The van der Waals surface area contributed by atoms with Crippen LogP contribution in [0.15, 0.2) is 48.5 Å². The summed E-state index contributed by atoms with van der Waals surface area (Å²) in [6, 6.07) is 15.3. The largest absolute Gasteiger partial charge is 0.392 e. The molecule has 0 spiro atoms. The topological polar surface area (TPSA) is 64.6 Å². The van der Waals surface area contributed by atoms with E-state index in [-0.39, 0.29) is 12.6 Å². The quantitative estimate of drug-likeness (QED) is 0.791. The van der Waals surface area contributed by atoms with E-state index >= 15 is 0 Å². The van der Waals surface area contributed by atoms with Crippen molar-refractivity contribution >= 4 is 17.4 Å². The molecular formula is C19H23N3O2. The van der Waals surface area contributed by atoms with Gasteiger partial charge in [-0.15, -0.1) is 0 Å². The van der Waals surface area contributed by atoms with Gasteiger partial charge in [0.1, 0.15) is 0 Å². The van der Waals surface area contributed by atoms with E-state index in [0.717, 1.165) is 35.6 Å². The molecule has 0 bridgehead atoms. The highest BCUT2D eigenvalue weighted by Crippen LogP contribution is 2.23. The van der Waals surface area contributed by atoms with Gasteiger partial charge in [0, 0.05) is 31.0 Å². The lowest BCUT2D eigenvalue weighted by Gasteiger charge is -2.18. The van der Waals surface area contributed by atoms with Crippen LogP contribution in [0.25, 0.3) is 0 Å². The summed E-state index contributed by atoms with van der Waals surface area (Å²) in [4.78, 5) is 14.4. The summed E-state index contributed by atoms with van der Waals surface area (Å²) in [5.74, 6) is 0. The molecule has 1 aliphatic rings. The van der Waals surface area contributed by atoms with Crippen molar-refractivity contribution in [3.63, 3.8) is 0 Å². The molecule has 1 aliphatic heterocycles. The van der Waals surface area contributed by atoms with Crippen LogP contribution in [0.4, 0.5) is 16.2 Å². The first-order valence-electron chi connectivity index (χ1n) is 8.33. The fourth-order valence-electron chi connectivity index (χ4n) is 2.95. The number of carbonyl (C=O) groups excluding carboxylic acids is 1. The molecule has 24 heavy (non-hydrogen) atoms. The van der Waals surface area contributed by atoms with Crippen LogP contribution in [-0.4, -0.2) is 24.2 Å². The summed E-state index contributed by atoms with van der Waals surface area (Å²) in [5, 5.41) is 14.9. The standard InChI is InChI=1S/C19H23N3O2/c23-14-16-6-3-5-15(11-16)13-20-19(24)21-17-7-4-8-18(12-17)22-9-1-2-10-22/h3-8,11-12,23H,1-2,9-10,13-14H2,(H2,20,21,24). The molecule has 2 aromatic carbocycles. The second kappa shape index (κ2) is 7.84. The highest BCUT2D eigenvalue weighted by Gasteiger charge is 2.12. The number of anilines is 2. The molecule has 3 rings (SSSR count). The number of carbonyl (C=O) groups is 1. The Kier molecular flexibility index (Phi) is 5.33. The van der Waals surface area contributed by atoms with Crippen molar-refractivity contribution < 1.29 is 9.90 Å². The van der Waals surface area contributed by atoms with Gasteiger partial charge in [-0.3, -0.25) is 0 Å². The highest BCUT2D eigenvalue weighted by atomic mass is 16.3. The summed E-state index contributed by atoms with van der Waals surface area (Å²) in [6.45, 7) is 2.59. The maximum absolute atomic E-state index is 12.1. The first kappa shape index (κ1) is 16.3. The molecule has 1 fully saturated rings. The Hall–Kier alpha value is -2.53. The van der Waals surface area contributed by atoms with Gasteiger partial charge in [0.05, 0.1) is 6.61 Å². The van der Waals surface area contributed by atoms with Gasteiger partial charge in [0.2, 0.25) is 0 Å². The van der Waals surface area contributed by atoms with Gasteiger partial charge in [0.25, 0.3) is 0 Å². The van der Waals surface area contributed by atoms with Gasteiger partial charge in [0.15, 0.2) is 0 Å². The smallest absolute Gasteiger partial charge is 0.319 e. The maximum atomic E-state index is 12.1. The maximum Gasteiger partial charge on any atom is 0.319 e. The fourth-order valence-corrected chi connectivity index (χ4v) is 2.95. The first-order valence-corrected chi connectivity index (χ1v) is 8.33. The van der Waals surface area contributed by atoms with Crippen LogP contribution in [0.2, 0.25) is 0 Å². The minimum absolute atomic E-state index is 0.00330. The summed E-state index contributed by atoms with van der Waals surface area (Å²) in [7, 11) is 0. The SMILES string of the molecule is O=C(NCc1cccc(CO)c1)Nc1cccc(N2CCCC2)c1. The van der Waals surface area contributed by atoms with Gasteiger partial charge in [-0.25, -0.2) is 4.79 Å². The number of nitrogens with zero attached hydrogens (tertiary/aromatic N) is 1. The zero-order valence-corrected chi connectivity index (χ0v) is 13.7. The van der Waals surface area contributed by atoms with Crippen LogP contribution in [0.5, 0.6) is 0 Å². The van der Waals surface area contributed by atoms with E-state index in [2.05, 4.69) is 21.6 Å². The molecule has 0 atom stereocenters. The van der Waals surface area contributed by atoms with E-state index in [4.69, 9.17) is 5.11 Å². The minimum Gasteiger partial charge on any atom is -0.392 e. The molecule has 2 amide bonds. The van der Waals surface area contributed by atoms with Crippen molar-refractivity contribution in [3.05, 3.63) is 59.7 Å². The van der Waals surface area contributed by atoms with Gasteiger partial charge in [-0.1, -0.05) is 30.3 Å². The third-order valence-corrected chi connectivity index (χ3v) is 4.20. The molecule has 3 N–H and O–H groups in total. The Labute approximate surface area is 142 Å². The number of amides is 2. The second-order valence-corrected chi connectivity index (χ2v) is 6.03. The average molecular weight is 325 g/mol. The second-order valence-electron chi connectivity index (χ2n) is 6.03.